The topological polar surface area (TPSA) is 47.6 Å². The van der Waals surface area contributed by atoms with Gasteiger partial charge in [0, 0.05) is 5.33 Å². The van der Waals surface area contributed by atoms with Crippen LogP contribution in [0.15, 0.2) is 29.4 Å². The standard InChI is InChI=1S/C9H11BrN2O/c10-4-5-13-9-3-1-2-8(6-9)7-12-11/h1-3,6-7H,4-5,11H2. The molecule has 0 aliphatic heterocycles. The summed E-state index contributed by atoms with van der Waals surface area (Å²) >= 11 is 3.28. The Bertz CT molecular complexity index is 289. The van der Waals surface area contributed by atoms with E-state index in [1.54, 1.807) is 6.21 Å². The fourth-order valence-electron chi connectivity index (χ4n) is 0.927. The molecule has 1 rings (SSSR count). The fourth-order valence-corrected chi connectivity index (χ4v) is 1.09. The molecular formula is C9H11BrN2O. The van der Waals surface area contributed by atoms with Crippen LogP contribution in [0.25, 0.3) is 0 Å². The van der Waals surface area contributed by atoms with Crippen molar-refractivity contribution in [2.75, 3.05) is 11.9 Å². The summed E-state index contributed by atoms with van der Waals surface area (Å²) in [5.74, 6) is 5.86. The van der Waals surface area contributed by atoms with Crippen LogP contribution in [0.5, 0.6) is 5.75 Å². The van der Waals surface area contributed by atoms with Crippen molar-refractivity contribution in [3.8, 4) is 5.75 Å². The van der Waals surface area contributed by atoms with E-state index in [1.807, 2.05) is 24.3 Å². The van der Waals surface area contributed by atoms with Gasteiger partial charge in [-0.25, -0.2) is 0 Å². The summed E-state index contributed by atoms with van der Waals surface area (Å²) in [5.41, 5.74) is 0.939. The number of nitrogens with zero attached hydrogens (tertiary/aromatic N) is 1. The lowest BCUT2D eigenvalue weighted by atomic mass is 10.2. The highest BCUT2D eigenvalue weighted by Crippen LogP contribution is 2.11. The van der Waals surface area contributed by atoms with E-state index < -0.39 is 0 Å². The highest BCUT2D eigenvalue weighted by molar-refractivity contribution is 9.09. The molecule has 0 atom stereocenters. The second kappa shape index (κ2) is 5.59. The maximum Gasteiger partial charge on any atom is 0.119 e. The molecule has 0 aromatic heterocycles. The maximum atomic E-state index is 5.39. The van der Waals surface area contributed by atoms with Crippen molar-refractivity contribution in [2.24, 2.45) is 10.9 Å². The monoisotopic (exact) mass is 242 g/mol. The summed E-state index contributed by atoms with van der Waals surface area (Å²) in [5, 5.41) is 4.26. The SMILES string of the molecule is NN=Cc1cccc(OCCBr)c1. The first kappa shape index (κ1) is 10.1. The lowest BCUT2D eigenvalue weighted by molar-refractivity contribution is 0.345. The first-order valence-electron chi connectivity index (χ1n) is 3.89. The van der Waals surface area contributed by atoms with Crippen molar-refractivity contribution in [1.29, 1.82) is 0 Å². The third-order valence-corrected chi connectivity index (χ3v) is 1.75. The third-order valence-electron chi connectivity index (χ3n) is 1.43. The van der Waals surface area contributed by atoms with Crippen LogP contribution >= 0.6 is 15.9 Å². The van der Waals surface area contributed by atoms with Gasteiger partial charge in [0.1, 0.15) is 5.75 Å². The number of halogens is 1. The zero-order chi connectivity index (χ0) is 9.52. The number of hydrogen-bond acceptors (Lipinski definition) is 3. The summed E-state index contributed by atoms with van der Waals surface area (Å²) in [6.07, 6.45) is 1.58. The Balaban J connectivity index is 2.67. The average Bonchev–Trinajstić information content (AvgIpc) is 2.16. The second-order valence-corrected chi connectivity index (χ2v) is 3.18. The number of ether oxygens (including phenoxy) is 1. The number of rotatable bonds is 4. The minimum absolute atomic E-state index is 0.656. The van der Waals surface area contributed by atoms with Crippen molar-refractivity contribution in [3.63, 3.8) is 0 Å². The molecular weight excluding hydrogens is 232 g/mol. The molecule has 0 spiro atoms. The Labute approximate surface area is 85.7 Å². The van der Waals surface area contributed by atoms with Crippen molar-refractivity contribution in [2.45, 2.75) is 0 Å². The van der Waals surface area contributed by atoms with Gasteiger partial charge in [0.15, 0.2) is 0 Å². The third kappa shape index (κ3) is 3.46. The zero-order valence-corrected chi connectivity index (χ0v) is 8.70. The highest BCUT2D eigenvalue weighted by Gasteiger charge is 1.93. The molecule has 0 heterocycles. The molecule has 3 nitrogen and oxygen atoms in total. The normalized spacial score (nSPS) is 10.5. The van der Waals surface area contributed by atoms with Gasteiger partial charge < -0.3 is 10.6 Å². The Hall–Kier alpha value is -1.03. The van der Waals surface area contributed by atoms with Gasteiger partial charge >= 0.3 is 0 Å². The summed E-state index contributed by atoms with van der Waals surface area (Å²) in [4.78, 5) is 0. The van der Waals surface area contributed by atoms with Crippen LogP contribution in [0.2, 0.25) is 0 Å². The number of benzene rings is 1. The molecule has 70 valence electrons. The number of alkyl halides is 1. The minimum atomic E-state index is 0.656. The molecule has 1 aromatic carbocycles. The van der Waals surface area contributed by atoms with E-state index >= 15 is 0 Å². The smallest absolute Gasteiger partial charge is 0.119 e. The summed E-state index contributed by atoms with van der Waals surface area (Å²) in [6, 6.07) is 7.60. The van der Waals surface area contributed by atoms with Crippen molar-refractivity contribution in [3.05, 3.63) is 29.8 Å². The molecule has 0 amide bonds. The predicted molar refractivity (Wildman–Crippen MR) is 57.5 cm³/mol. The van der Waals surface area contributed by atoms with Crippen LogP contribution < -0.4 is 10.6 Å². The van der Waals surface area contributed by atoms with Crippen molar-refractivity contribution in [1.82, 2.24) is 0 Å². The van der Waals surface area contributed by atoms with E-state index in [0.717, 1.165) is 16.6 Å². The van der Waals surface area contributed by atoms with E-state index in [0.29, 0.717) is 6.61 Å². The Morgan fingerprint density at radius 3 is 3.08 bits per heavy atom. The predicted octanol–water partition coefficient (Wildman–Crippen LogP) is 1.75. The fraction of sp³-hybridized carbons (Fsp3) is 0.222. The molecule has 0 unspecified atom stereocenters. The minimum Gasteiger partial charge on any atom is -0.493 e. The van der Waals surface area contributed by atoms with Crippen LogP contribution in [-0.4, -0.2) is 18.2 Å². The van der Waals surface area contributed by atoms with Crippen molar-refractivity contribution < 1.29 is 4.74 Å². The van der Waals surface area contributed by atoms with Gasteiger partial charge in [0.05, 0.1) is 12.8 Å². The molecule has 0 saturated heterocycles. The lowest BCUT2D eigenvalue weighted by Gasteiger charge is -2.03. The Kier molecular flexibility index (Phi) is 4.32. The first-order valence-corrected chi connectivity index (χ1v) is 5.01. The summed E-state index contributed by atoms with van der Waals surface area (Å²) < 4.78 is 5.39. The van der Waals surface area contributed by atoms with Gasteiger partial charge in [0.25, 0.3) is 0 Å². The van der Waals surface area contributed by atoms with Gasteiger partial charge in [-0.05, 0) is 17.7 Å². The van der Waals surface area contributed by atoms with Gasteiger partial charge in [-0.1, -0.05) is 28.1 Å². The van der Waals surface area contributed by atoms with Crippen LogP contribution in [-0.2, 0) is 0 Å². The van der Waals surface area contributed by atoms with E-state index in [4.69, 9.17) is 10.6 Å². The van der Waals surface area contributed by atoms with E-state index in [9.17, 15) is 0 Å². The molecule has 2 N–H and O–H groups in total. The van der Waals surface area contributed by atoms with E-state index in [1.165, 1.54) is 0 Å². The van der Waals surface area contributed by atoms with Crippen LogP contribution in [0.3, 0.4) is 0 Å². The van der Waals surface area contributed by atoms with Crippen LogP contribution in [0.1, 0.15) is 5.56 Å². The summed E-state index contributed by atoms with van der Waals surface area (Å²) in [7, 11) is 0. The summed E-state index contributed by atoms with van der Waals surface area (Å²) in [6.45, 7) is 0.656. The van der Waals surface area contributed by atoms with Crippen molar-refractivity contribution >= 4 is 22.1 Å². The second-order valence-electron chi connectivity index (χ2n) is 2.39. The average molecular weight is 243 g/mol. The van der Waals surface area contributed by atoms with E-state index in [2.05, 4.69) is 21.0 Å². The molecule has 0 bridgehead atoms. The van der Waals surface area contributed by atoms with Gasteiger partial charge in [-0.3, -0.25) is 0 Å². The first-order chi connectivity index (χ1) is 6.36. The van der Waals surface area contributed by atoms with Gasteiger partial charge in [0.2, 0.25) is 0 Å². The Morgan fingerprint density at radius 1 is 1.54 bits per heavy atom. The molecule has 1 aromatic rings. The van der Waals surface area contributed by atoms with Gasteiger partial charge in [-0.2, -0.15) is 5.10 Å². The van der Waals surface area contributed by atoms with Crippen LogP contribution in [0, 0.1) is 0 Å². The molecule has 0 fully saturated rings. The van der Waals surface area contributed by atoms with Crippen LogP contribution in [0.4, 0.5) is 0 Å². The molecule has 13 heavy (non-hydrogen) atoms. The molecule has 4 heteroatoms. The zero-order valence-electron chi connectivity index (χ0n) is 7.11. The number of hydrazone groups is 1. The number of nitrogens with two attached hydrogens (primary N) is 1. The quantitative estimate of drug-likeness (QED) is 0.379. The largest absolute Gasteiger partial charge is 0.493 e. The highest BCUT2D eigenvalue weighted by atomic mass is 79.9. The molecule has 0 aliphatic rings. The molecule has 0 radical (unpaired) electrons. The molecule has 0 aliphatic carbocycles. The lowest BCUT2D eigenvalue weighted by Crippen LogP contribution is -1.98. The number of hydrogen-bond donors (Lipinski definition) is 1. The van der Waals surface area contributed by atoms with E-state index in [-0.39, 0.29) is 0 Å². The maximum absolute atomic E-state index is 5.39. The van der Waals surface area contributed by atoms with Gasteiger partial charge in [-0.15, -0.1) is 0 Å². The Morgan fingerprint density at radius 2 is 2.38 bits per heavy atom. The molecule has 0 saturated carbocycles.